The summed E-state index contributed by atoms with van der Waals surface area (Å²) < 4.78 is 63.9. The SMILES string of the molecule is COc1ccc(C(=O)NCC(=O)N2CCN(S(=O)(=O)c3cc(F)ccc3F)CC2)cc1OC. The van der Waals surface area contributed by atoms with E-state index in [-0.39, 0.29) is 38.3 Å². The van der Waals surface area contributed by atoms with E-state index in [2.05, 4.69) is 5.32 Å². The van der Waals surface area contributed by atoms with Crippen LogP contribution < -0.4 is 14.8 Å². The van der Waals surface area contributed by atoms with Crippen molar-refractivity contribution in [2.75, 3.05) is 46.9 Å². The van der Waals surface area contributed by atoms with E-state index in [0.717, 1.165) is 16.4 Å². The van der Waals surface area contributed by atoms with E-state index >= 15 is 0 Å². The molecule has 0 atom stereocenters. The second-order valence-electron chi connectivity index (χ2n) is 7.11. The molecular weight excluding hydrogens is 460 g/mol. The minimum atomic E-state index is -4.25. The van der Waals surface area contributed by atoms with E-state index in [1.54, 1.807) is 6.07 Å². The molecule has 0 unspecified atom stereocenters. The van der Waals surface area contributed by atoms with Gasteiger partial charge in [0.2, 0.25) is 15.9 Å². The lowest BCUT2D eigenvalue weighted by atomic mass is 10.2. The largest absolute Gasteiger partial charge is 0.493 e. The first-order valence-electron chi connectivity index (χ1n) is 9.90. The number of rotatable bonds is 7. The fourth-order valence-electron chi connectivity index (χ4n) is 3.34. The van der Waals surface area contributed by atoms with Crippen molar-refractivity contribution in [3.05, 3.63) is 53.6 Å². The van der Waals surface area contributed by atoms with Crippen molar-refractivity contribution in [2.45, 2.75) is 4.90 Å². The summed E-state index contributed by atoms with van der Waals surface area (Å²) in [7, 11) is -1.35. The standard InChI is InChI=1S/C21H23F2N3O6S/c1-31-17-6-3-14(11-18(17)32-2)21(28)24-13-20(27)25-7-9-26(10-8-25)33(29,30)19-12-15(22)4-5-16(19)23/h3-6,11-12H,7-10,13H2,1-2H3,(H,24,28). The van der Waals surface area contributed by atoms with Crippen LogP contribution in [0.15, 0.2) is 41.3 Å². The third-order valence-corrected chi connectivity index (χ3v) is 7.06. The molecule has 1 aliphatic heterocycles. The molecule has 0 radical (unpaired) electrons. The van der Waals surface area contributed by atoms with E-state index < -0.39 is 38.4 Å². The number of halogens is 2. The number of nitrogens with zero attached hydrogens (tertiary/aromatic N) is 2. The molecule has 1 aliphatic rings. The summed E-state index contributed by atoms with van der Waals surface area (Å²) in [6.45, 7) is -0.387. The summed E-state index contributed by atoms with van der Waals surface area (Å²) >= 11 is 0. The molecule has 0 aromatic heterocycles. The molecule has 2 aromatic rings. The Morgan fingerprint density at radius 3 is 2.27 bits per heavy atom. The topological polar surface area (TPSA) is 105 Å². The molecule has 1 fully saturated rings. The van der Waals surface area contributed by atoms with Gasteiger partial charge in [-0.2, -0.15) is 4.31 Å². The molecule has 0 saturated carbocycles. The van der Waals surface area contributed by atoms with Crippen LogP contribution >= 0.6 is 0 Å². The molecule has 0 aliphatic carbocycles. The van der Waals surface area contributed by atoms with E-state index in [9.17, 15) is 26.8 Å². The van der Waals surface area contributed by atoms with Gasteiger partial charge in [-0.15, -0.1) is 0 Å². The van der Waals surface area contributed by atoms with Gasteiger partial charge in [0.15, 0.2) is 11.5 Å². The van der Waals surface area contributed by atoms with Gasteiger partial charge < -0.3 is 19.7 Å². The van der Waals surface area contributed by atoms with Crippen LogP contribution in [-0.2, 0) is 14.8 Å². The second kappa shape index (κ2) is 10.1. The highest BCUT2D eigenvalue weighted by Gasteiger charge is 2.32. The fraction of sp³-hybridized carbons (Fsp3) is 0.333. The molecule has 1 N–H and O–H groups in total. The molecule has 2 aromatic carbocycles. The number of piperazine rings is 1. The van der Waals surface area contributed by atoms with Crippen LogP contribution in [0, 0.1) is 11.6 Å². The predicted molar refractivity (Wildman–Crippen MR) is 114 cm³/mol. The van der Waals surface area contributed by atoms with Crippen molar-refractivity contribution in [3.8, 4) is 11.5 Å². The van der Waals surface area contributed by atoms with Crippen LogP contribution in [0.4, 0.5) is 8.78 Å². The van der Waals surface area contributed by atoms with E-state index in [4.69, 9.17) is 9.47 Å². The summed E-state index contributed by atoms with van der Waals surface area (Å²) in [4.78, 5) is 25.5. The van der Waals surface area contributed by atoms with Crippen molar-refractivity contribution in [3.63, 3.8) is 0 Å². The summed E-state index contributed by atoms with van der Waals surface area (Å²) in [6.07, 6.45) is 0. The van der Waals surface area contributed by atoms with Crippen LogP contribution in [0.5, 0.6) is 11.5 Å². The maximum absolute atomic E-state index is 13.9. The zero-order chi connectivity index (χ0) is 24.2. The van der Waals surface area contributed by atoms with Gasteiger partial charge in [-0.1, -0.05) is 0 Å². The van der Waals surface area contributed by atoms with E-state index in [1.165, 1.54) is 31.3 Å². The Bertz CT molecular complexity index is 1150. The number of carbonyl (C=O) groups is 2. The van der Waals surface area contributed by atoms with Crippen LogP contribution in [0.1, 0.15) is 10.4 Å². The fourth-order valence-corrected chi connectivity index (χ4v) is 4.84. The molecule has 0 bridgehead atoms. The average Bonchev–Trinajstić information content (AvgIpc) is 2.83. The van der Waals surface area contributed by atoms with Crippen LogP contribution in [0.3, 0.4) is 0 Å². The number of amides is 2. The van der Waals surface area contributed by atoms with Gasteiger partial charge in [0.05, 0.1) is 20.8 Å². The Morgan fingerprint density at radius 1 is 0.970 bits per heavy atom. The van der Waals surface area contributed by atoms with Gasteiger partial charge in [0.1, 0.15) is 16.5 Å². The summed E-state index contributed by atoms with van der Waals surface area (Å²) in [5.41, 5.74) is 0.272. The van der Waals surface area contributed by atoms with Crippen molar-refractivity contribution < 1.29 is 36.3 Å². The smallest absolute Gasteiger partial charge is 0.251 e. The zero-order valence-corrected chi connectivity index (χ0v) is 18.8. The van der Waals surface area contributed by atoms with Gasteiger partial charge in [-0.05, 0) is 36.4 Å². The van der Waals surface area contributed by atoms with Gasteiger partial charge in [0, 0.05) is 31.7 Å². The number of methoxy groups -OCH3 is 2. The third-order valence-electron chi connectivity index (χ3n) is 5.15. The number of ether oxygens (including phenoxy) is 2. The Kier molecular flexibility index (Phi) is 7.49. The molecule has 3 rings (SSSR count). The number of hydrogen-bond acceptors (Lipinski definition) is 6. The van der Waals surface area contributed by atoms with Crippen molar-refractivity contribution >= 4 is 21.8 Å². The van der Waals surface area contributed by atoms with Gasteiger partial charge in [-0.3, -0.25) is 9.59 Å². The van der Waals surface area contributed by atoms with Crippen LogP contribution in [-0.4, -0.2) is 76.4 Å². The number of nitrogens with one attached hydrogen (secondary N) is 1. The van der Waals surface area contributed by atoms with Gasteiger partial charge in [0.25, 0.3) is 5.91 Å². The summed E-state index contributed by atoms with van der Waals surface area (Å²) in [6, 6.07) is 6.79. The second-order valence-corrected chi connectivity index (χ2v) is 9.02. The van der Waals surface area contributed by atoms with Gasteiger partial charge >= 0.3 is 0 Å². The Hall–Kier alpha value is -3.25. The number of benzene rings is 2. The van der Waals surface area contributed by atoms with Crippen molar-refractivity contribution in [1.29, 1.82) is 0 Å². The molecule has 0 spiro atoms. The van der Waals surface area contributed by atoms with E-state index in [0.29, 0.717) is 17.6 Å². The third kappa shape index (κ3) is 5.40. The average molecular weight is 483 g/mol. The normalized spacial score (nSPS) is 14.6. The van der Waals surface area contributed by atoms with Crippen molar-refractivity contribution in [2.24, 2.45) is 0 Å². The van der Waals surface area contributed by atoms with E-state index in [1.807, 2.05) is 0 Å². The highest BCUT2D eigenvalue weighted by atomic mass is 32.2. The first-order chi connectivity index (χ1) is 15.7. The molecule has 1 saturated heterocycles. The highest BCUT2D eigenvalue weighted by molar-refractivity contribution is 7.89. The predicted octanol–water partition coefficient (Wildman–Crippen LogP) is 1.24. The maximum Gasteiger partial charge on any atom is 0.251 e. The lowest BCUT2D eigenvalue weighted by molar-refractivity contribution is -0.131. The lowest BCUT2D eigenvalue weighted by Crippen LogP contribution is -2.52. The number of hydrogen-bond donors (Lipinski definition) is 1. The zero-order valence-electron chi connectivity index (χ0n) is 18.0. The molecular formula is C21H23F2N3O6S. The van der Waals surface area contributed by atoms with Crippen LogP contribution in [0.25, 0.3) is 0 Å². The summed E-state index contributed by atoms with van der Waals surface area (Å²) in [5, 5.41) is 2.52. The van der Waals surface area contributed by atoms with Crippen molar-refractivity contribution in [1.82, 2.24) is 14.5 Å². The molecule has 12 heteroatoms. The Balaban J connectivity index is 1.56. The van der Waals surface area contributed by atoms with Crippen LogP contribution in [0.2, 0.25) is 0 Å². The quantitative estimate of drug-likeness (QED) is 0.636. The monoisotopic (exact) mass is 483 g/mol. The van der Waals surface area contributed by atoms with Gasteiger partial charge in [-0.25, -0.2) is 17.2 Å². The Labute approximate surface area is 189 Å². The Morgan fingerprint density at radius 2 is 1.64 bits per heavy atom. The first-order valence-corrected chi connectivity index (χ1v) is 11.3. The maximum atomic E-state index is 13.9. The number of sulfonamides is 1. The molecule has 33 heavy (non-hydrogen) atoms. The first kappa shape index (κ1) is 24.4. The lowest BCUT2D eigenvalue weighted by Gasteiger charge is -2.34. The minimum absolute atomic E-state index is 0.0429. The highest BCUT2D eigenvalue weighted by Crippen LogP contribution is 2.27. The molecule has 9 nitrogen and oxygen atoms in total. The molecule has 2 amide bonds. The minimum Gasteiger partial charge on any atom is -0.493 e. The molecule has 178 valence electrons. The summed E-state index contributed by atoms with van der Waals surface area (Å²) in [5.74, 6) is -1.99. The number of carbonyl (C=O) groups excluding carboxylic acids is 2. The molecule has 1 heterocycles.